The summed E-state index contributed by atoms with van der Waals surface area (Å²) in [6, 6.07) is 0.0900. The molecule has 140 valence electrons. The van der Waals surface area contributed by atoms with Crippen LogP contribution in [0.15, 0.2) is 0 Å². The summed E-state index contributed by atoms with van der Waals surface area (Å²) in [5.41, 5.74) is 0. The highest BCUT2D eigenvalue weighted by Crippen LogP contribution is 2.17. The van der Waals surface area contributed by atoms with Gasteiger partial charge in [-0.2, -0.15) is 0 Å². The smallest absolute Gasteiger partial charge is 0.240 e. The van der Waals surface area contributed by atoms with Gasteiger partial charge < -0.3 is 9.84 Å². The maximum absolute atomic E-state index is 12.3. The van der Waals surface area contributed by atoms with Crippen molar-refractivity contribution in [1.82, 2.24) is 20.0 Å². The molecule has 0 aromatic carbocycles. The van der Waals surface area contributed by atoms with E-state index in [1.54, 1.807) is 0 Å². The molecule has 2 saturated heterocycles. The molecule has 2 N–H and O–H groups in total. The van der Waals surface area contributed by atoms with E-state index in [0.29, 0.717) is 24.9 Å². The van der Waals surface area contributed by atoms with Gasteiger partial charge in [-0.3, -0.25) is 19.9 Å². The van der Waals surface area contributed by atoms with E-state index < -0.39 is 6.10 Å². The number of aromatic nitrogens is 2. The van der Waals surface area contributed by atoms with Gasteiger partial charge in [-0.1, -0.05) is 18.3 Å². The van der Waals surface area contributed by atoms with Gasteiger partial charge in [0.05, 0.1) is 31.9 Å². The standard InChI is InChI=1S/C16H27N5O3S/c1-2-4-15-18-19-16(25-15)17-14(23)9-20-5-3-6-21(8-7-20)12-10-24-11-13(12)22/h12-13,22H,2-11H2,1H3,(H,17,19,23)/t12-,13-/m1/s1. The Morgan fingerprint density at radius 1 is 1.32 bits per heavy atom. The third-order valence-electron chi connectivity index (χ3n) is 4.66. The Hall–Kier alpha value is -1.13. The van der Waals surface area contributed by atoms with Gasteiger partial charge in [-0.15, -0.1) is 10.2 Å². The van der Waals surface area contributed by atoms with Crippen molar-refractivity contribution < 1.29 is 14.6 Å². The summed E-state index contributed by atoms with van der Waals surface area (Å²) < 4.78 is 5.36. The van der Waals surface area contributed by atoms with Crippen LogP contribution in [-0.2, 0) is 16.0 Å². The van der Waals surface area contributed by atoms with Crippen molar-refractivity contribution in [3.63, 3.8) is 0 Å². The Balaban J connectivity index is 1.45. The van der Waals surface area contributed by atoms with Gasteiger partial charge >= 0.3 is 0 Å². The fourth-order valence-electron chi connectivity index (χ4n) is 3.34. The quantitative estimate of drug-likeness (QED) is 0.740. The molecule has 0 spiro atoms. The van der Waals surface area contributed by atoms with Crippen molar-refractivity contribution >= 4 is 22.4 Å². The Morgan fingerprint density at radius 3 is 2.96 bits per heavy atom. The van der Waals surface area contributed by atoms with Crippen molar-refractivity contribution in [2.24, 2.45) is 0 Å². The van der Waals surface area contributed by atoms with Gasteiger partial charge in [0.2, 0.25) is 11.0 Å². The number of rotatable bonds is 6. The first-order valence-electron chi connectivity index (χ1n) is 9.00. The minimum absolute atomic E-state index is 0.0446. The predicted molar refractivity (Wildman–Crippen MR) is 95.8 cm³/mol. The van der Waals surface area contributed by atoms with Gasteiger partial charge in [-0.05, 0) is 25.9 Å². The number of carbonyl (C=O) groups is 1. The second kappa shape index (κ2) is 9.00. The number of carbonyl (C=O) groups excluding carboxylic acids is 1. The molecule has 1 aromatic rings. The van der Waals surface area contributed by atoms with E-state index in [1.807, 2.05) is 0 Å². The summed E-state index contributed by atoms with van der Waals surface area (Å²) in [5.74, 6) is -0.0446. The van der Waals surface area contributed by atoms with E-state index >= 15 is 0 Å². The summed E-state index contributed by atoms with van der Waals surface area (Å²) >= 11 is 1.45. The molecule has 2 aliphatic heterocycles. The number of aryl methyl sites for hydroxylation is 1. The second-order valence-corrected chi connectivity index (χ2v) is 7.70. The lowest BCUT2D eigenvalue weighted by Crippen LogP contribution is -2.45. The van der Waals surface area contributed by atoms with E-state index in [-0.39, 0.29) is 11.9 Å². The number of amides is 1. The summed E-state index contributed by atoms with van der Waals surface area (Å²) in [6.45, 7) is 6.95. The van der Waals surface area contributed by atoms with E-state index in [2.05, 4.69) is 32.2 Å². The Labute approximate surface area is 152 Å². The highest BCUT2D eigenvalue weighted by atomic mass is 32.1. The monoisotopic (exact) mass is 369 g/mol. The summed E-state index contributed by atoms with van der Waals surface area (Å²) in [4.78, 5) is 16.7. The third kappa shape index (κ3) is 5.18. The number of aliphatic hydroxyl groups excluding tert-OH is 1. The molecule has 1 aromatic heterocycles. The van der Waals surface area contributed by atoms with Crippen LogP contribution >= 0.6 is 11.3 Å². The lowest BCUT2D eigenvalue weighted by molar-refractivity contribution is -0.117. The highest BCUT2D eigenvalue weighted by Gasteiger charge is 2.32. The number of ether oxygens (including phenoxy) is 1. The fraction of sp³-hybridized carbons (Fsp3) is 0.812. The van der Waals surface area contributed by atoms with Crippen molar-refractivity contribution in [1.29, 1.82) is 0 Å². The number of nitrogens with zero attached hydrogens (tertiary/aromatic N) is 4. The van der Waals surface area contributed by atoms with Gasteiger partial charge in [0.15, 0.2) is 0 Å². The topological polar surface area (TPSA) is 90.8 Å². The van der Waals surface area contributed by atoms with Crippen LogP contribution in [0.4, 0.5) is 5.13 Å². The molecule has 1 amide bonds. The van der Waals surface area contributed by atoms with Crippen LogP contribution in [0.2, 0.25) is 0 Å². The zero-order valence-corrected chi connectivity index (χ0v) is 15.5. The predicted octanol–water partition coefficient (Wildman–Crippen LogP) is 0.197. The number of hydrogen-bond donors (Lipinski definition) is 2. The molecule has 0 radical (unpaired) electrons. The van der Waals surface area contributed by atoms with Crippen molar-refractivity contribution in [3.05, 3.63) is 5.01 Å². The number of aliphatic hydroxyl groups is 1. The third-order valence-corrected chi connectivity index (χ3v) is 5.56. The van der Waals surface area contributed by atoms with Crippen LogP contribution in [0.25, 0.3) is 0 Å². The zero-order chi connectivity index (χ0) is 17.6. The first-order valence-corrected chi connectivity index (χ1v) is 9.82. The van der Waals surface area contributed by atoms with E-state index in [1.165, 1.54) is 11.3 Å². The first kappa shape index (κ1) is 18.7. The molecule has 3 heterocycles. The lowest BCUT2D eigenvalue weighted by Gasteiger charge is -2.28. The average Bonchev–Trinajstić information content (AvgIpc) is 3.13. The number of anilines is 1. The second-order valence-electron chi connectivity index (χ2n) is 6.64. The molecule has 0 aliphatic carbocycles. The van der Waals surface area contributed by atoms with Crippen LogP contribution in [0.5, 0.6) is 0 Å². The Bertz CT molecular complexity index is 570. The largest absolute Gasteiger partial charge is 0.389 e. The summed E-state index contributed by atoms with van der Waals surface area (Å²) in [5, 5.41) is 22.5. The van der Waals surface area contributed by atoms with Crippen LogP contribution in [0.1, 0.15) is 24.8 Å². The van der Waals surface area contributed by atoms with Crippen LogP contribution < -0.4 is 5.32 Å². The average molecular weight is 369 g/mol. The molecule has 9 heteroatoms. The molecule has 2 aliphatic rings. The van der Waals surface area contributed by atoms with E-state index in [4.69, 9.17) is 4.74 Å². The molecule has 0 saturated carbocycles. The van der Waals surface area contributed by atoms with Crippen molar-refractivity contribution in [3.8, 4) is 0 Å². The van der Waals surface area contributed by atoms with Crippen molar-refractivity contribution in [2.45, 2.75) is 38.3 Å². The van der Waals surface area contributed by atoms with Crippen molar-refractivity contribution in [2.75, 3.05) is 51.3 Å². The maximum atomic E-state index is 12.3. The molecule has 0 bridgehead atoms. The van der Waals surface area contributed by atoms with Gasteiger partial charge in [0.1, 0.15) is 5.01 Å². The van der Waals surface area contributed by atoms with E-state index in [0.717, 1.165) is 50.4 Å². The molecule has 3 rings (SSSR count). The van der Waals surface area contributed by atoms with Crippen LogP contribution in [-0.4, -0.2) is 89.1 Å². The first-order chi connectivity index (χ1) is 12.2. The number of nitrogens with one attached hydrogen (secondary N) is 1. The van der Waals surface area contributed by atoms with Gasteiger partial charge in [-0.25, -0.2) is 0 Å². The molecule has 0 unspecified atom stereocenters. The molecular weight excluding hydrogens is 342 g/mol. The molecule has 8 nitrogen and oxygen atoms in total. The van der Waals surface area contributed by atoms with Gasteiger partial charge in [0, 0.05) is 19.5 Å². The summed E-state index contributed by atoms with van der Waals surface area (Å²) in [7, 11) is 0. The maximum Gasteiger partial charge on any atom is 0.240 e. The van der Waals surface area contributed by atoms with Crippen LogP contribution in [0, 0.1) is 0 Å². The number of hydrogen-bond acceptors (Lipinski definition) is 8. The Morgan fingerprint density at radius 2 is 2.20 bits per heavy atom. The van der Waals surface area contributed by atoms with E-state index in [9.17, 15) is 9.90 Å². The minimum Gasteiger partial charge on any atom is -0.389 e. The molecular formula is C16H27N5O3S. The normalized spacial score (nSPS) is 25.8. The molecule has 25 heavy (non-hydrogen) atoms. The zero-order valence-electron chi connectivity index (χ0n) is 14.7. The minimum atomic E-state index is -0.399. The Kier molecular flexibility index (Phi) is 6.71. The SMILES string of the molecule is CCCc1nnc(NC(=O)CN2CCCN([C@@H]3COC[C@H]3O)CC2)s1. The fourth-order valence-corrected chi connectivity index (χ4v) is 4.20. The molecule has 2 atom stereocenters. The van der Waals surface area contributed by atoms with Crippen LogP contribution in [0.3, 0.4) is 0 Å². The highest BCUT2D eigenvalue weighted by molar-refractivity contribution is 7.15. The van der Waals surface area contributed by atoms with Gasteiger partial charge in [0.25, 0.3) is 0 Å². The summed E-state index contributed by atoms with van der Waals surface area (Å²) in [6.07, 6.45) is 2.50. The lowest BCUT2D eigenvalue weighted by atomic mass is 10.2. The molecule has 2 fully saturated rings.